The van der Waals surface area contributed by atoms with Crippen LogP contribution in [-0.4, -0.2) is 34.8 Å². The Morgan fingerprint density at radius 2 is 1.67 bits per heavy atom. The van der Waals surface area contributed by atoms with Crippen LogP contribution in [0.4, 0.5) is 4.79 Å². The Bertz CT molecular complexity index is 934. The molecule has 1 aliphatic heterocycles. The van der Waals surface area contributed by atoms with Crippen molar-refractivity contribution in [3.8, 4) is 11.1 Å². The van der Waals surface area contributed by atoms with E-state index < -0.39 is 5.54 Å². The molecular weight excluding hydrogens is 378 g/mol. The topological polar surface area (TPSA) is 78.5 Å². The van der Waals surface area contributed by atoms with Crippen LogP contribution >= 0.6 is 0 Å². The van der Waals surface area contributed by atoms with Crippen molar-refractivity contribution < 1.29 is 14.4 Å². The van der Waals surface area contributed by atoms with Crippen LogP contribution in [0.5, 0.6) is 0 Å². The van der Waals surface area contributed by atoms with Gasteiger partial charge in [0.05, 0.1) is 6.04 Å². The maximum absolute atomic E-state index is 12.7. The van der Waals surface area contributed by atoms with Gasteiger partial charge in [0.25, 0.3) is 5.91 Å². The SMILES string of the molecule is C[C@H](NC(=O)CCN1C(=O)NC2(CCCC2)C1=O)c1ccc(-c2ccccc2)cc1. The molecule has 2 aliphatic rings. The van der Waals surface area contributed by atoms with Crippen molar-refractivity contribution in [3.05, 3.63) is 60.2 Å². The highest BCUT2D eigenvalue weighted by Crippen LogP contribution is 2.35. The number of hydrogen-bond acceptors (Lipinski definition) is 3. The monoisotopic (exact) mass is 405 g/mol. The Hall–Kier alpha value is -3.15. The first kappa shape index (κ1) is 20.1. The summed E-state index contributed by atoms with van der Waals surface area (Å²) in [5.74, 6) is -0.357. The molecule has 1 heterocycles. The number of nitrogens with one attached hydrogen (secondary N) is 2. The predicted molar refractivity (Wildman–Crippen MR) is 114 cm³/mol. The van der Waals surface area contributed by atoms with Crippen molar-refractivity contribution in [2.24, 2.45) is 0 Å². The number of rotatable bonds is 6. The van der Waals surface area contributed by atoms with Gasteiger partial charge in [0, 0.05) is 13.0 Å². The minimum atomic E-state index is -0.721. The second-order valence-corrected chi connectivity index (χ2v) is 8.20. The number of urea groups is 1. The third-order valence-electron chi connectivity index (χ3n) is 6.16. The first-order chi connectivity index (χ1) is 14.5. The smallest absolute Gasteiger partial charge is 0.325 e. The van der Waals surface area contributed by atoms with E-state index in [0.29, 0.717) is 12.8 Å². The normalized spacial score (nSPS) is 18.5. The molecule has 0 bridgehead atoms. The number of imide groups is 1. The molecule has 4 amide bonds. The summed E-state index contributed by atoms with van der Waals surface area (Å²) < 4.78 is 0. The molecule has 1 aliphatic carbocycles. The number of hydrogen-bond donors (Lipinski definition) is 2. The molecule has 1 saturated carbocycles. The van der Waals surface area contributed by atoms with Crippen LogP contribution in [0, 0.1) is 0 Å². The zero-order valence-corrected chi connectivity index (χ0v) is 17.2. The van der Waals surface area contributed by atoms with Gasteiger partial charge < -0.3 is 10.6 Å². The summed E-state index contributed by atoms with van der Waals surface area (Å²) in [6.45, 7) is 2.04. The standard InChI is InChI=1S/C24H27N3O3/c1-17(18-9-11-20(12-10-18)19-7-3-2-4-8-19)25-21(28)13-16-27-22(29)24(26-23(27)30)14-5-6-15-24/h2-4,7-12,17H,5-6,13-16H2,1H3,(H,25,28)(H,26,30)/t17-/m0/s1. The zero-order valence-electron chi connectivity index (χ0n) is 17.2. The largest absolute Gasteiger partial charge is 0.350 e. The third-order valence-corrected chi connectivity index (χ3v) is 6.16. The van der Waals surface area contributed by atoms with Gasteiger partial charge in [-0.3, -0.25) is 14.5 Å². The van der Waals surface area contributed by atoms with E-state index in [2.05, 4.69) is 22.8 Å². The fourth-order valence-electron chi connectivity index (χ4n) is 4.40. The Labute approximate surface area is 176 Å². The molecule has 2 aromatic carbocycles. The average Bonchev–Trinajstić information content (AvgIpc) is 3.32. The number of benzene rings is 2. The van der Waals surface area contributed by atoms with Gasteiger partial charge in [-0.15, -0.1) is 0 Å². The van der Waals surface area contributed by atoms with E-state index in [1.807, 2.05) is 49.4 Å². The van der Waals surface area contributed by atoms with E-state index in [0.717, 1.165) is 29.5 Å². The lowest BCUT2D eigenvalue weighted by atomic mass is 9.98. The van der Waals surface area contributed by atoms with E-state index in [1.54, 1.807) is 0 Å². The summed E-state index contributed by atoms with van der Waals surface area (Å²) in [6, 6.07) is 17.7. The van der Waals surface area contributed by atoms with Crippen LogP contribution in [0.15, 0.2) is 54.6 Å². The minimum Gasteiger partial charge on any atom is -0.350 e. The highest BCUT2D eigenvalue weighted by atomic mass is 16.2. The lowest BCUT2D eigenvalue weighted by Gasteiger charge is -2.20. The molecule has 6 heteroatoms. The van der Waals surface area contributed by atoms with Gasteiger partial charge >= 0.3 is 6.03 Å². The number of carbonyl (C=O) groups excluding carboxylic acids is 3. The maximum Gasteiger partial charge on any atom is 0.325 e. The van der Waals surface area contributed by atoms with Crippen molar-refractivity contribution in [2.75, 3.05) is 6.54 Å². The molecule has 1 spiro atoms. The van der Waals surface area contributed by atoms with Crippen LogP contribution in [0.1, 0.15) is 50.6 Å². The number of amides is 4. The highest BCUT2D eigenvalue weighted by Gasteiger charge is 2.52. The van der Waals surface area contributed by atoms with Crippen molar-refractivity contribution in [1.29, 1.82) is 0 Å². The van der Waals surface area contributed by atoms with E-state index in [4.69, 9.17) is 0 Å². The molecule has 6 nitrogen and oxygen atoms in total. The summed E-state index contributed by atoms with van der Waals surface area (Å²) in [6.07, 6.45) is 3.37. The van der Waals surface area contributed by atoms with Crippen molar-refractivity contribution >= 4 is 17.8 Å². The molecule has 2 fully saturated rings. The molecule has 30 heavy (non-hydrogen) atoms. The lowest BCUT2D eigenvalue weighted by Crippen LogP contribution is -2.44. The van der Waals surface area contributed by atoms with Gasteiger partial charge in [-0.1, -0.05) is 67.4 Å². The summed E-state index contributed by atoms with van der Waals surface area (Å²) in [7, 11) is 0. The first-order valence-electron chi connectivity index (χ1n) is 10.6. The third kappa shape index (κ3) is 3.95. The van der Waals surface area contributed by atoms with Crippen LogP contribution in [-0.2, 0) is 9.59 Å². The highest BCUT2D eigenvalue weighted by molar-refractivity contribution is 6.07. The van der Waals surface area contributed by atoms with Gasteiger partial charge in [-0.05, 0) is 36.5 Å². The predicted octanol–water partition coefficient (Wildman–Crippen LogP) is 3.79. The Morgan fingerprint density at radius 1 is 1.03 bits per heavy atom. The number of nitrogens with zero attached hydrogens (tertiary/aromatic N) is 1. The van der Waals surface area contributed by atoms with Gasteiger partial charge in [0.1, 0.15) is 5.54 Å². The minimum absolute atomic E-state index is 0.0989. The van der Waals surface area contributed by atoms with E-state index in [-0.39, 0.29) is 36.9 Å². The Balaban J connectivity index is 1.31. The van der Waals surface area contributed by atoms with E-state index >= 15 is 0 Å². The van der Waals surface area contributed by atoms with Crippen molar-refractivity contribution in [3.63, 3.8) is 0 Å². The Morgan fingerprint density at radius 3 is 2.33 bits per heavy atom. The summed E-state index contributed by atoms with van der Waals surface area (Å²) in [5.41, 5.74) is 2.55. The van der Waals surface area contributed by atoms with Gasteiger partial charge in [0.2, 0.25) is 5.91 Å². The van der Waals surface area contributed by atoms with E-state index in [1.165, 1.54) is 4.90 Å². The molecular formula is C24H27N3O3. The van der Waals surface area contributed by atoms with Gasteiger partial charge in [-0.25, -0.2) is 4.79 Å². The average molecular weight is 405 g/mol. The molecule has 1 saturated heterocycles. The van der Waals surface area contributed by atoms with Crippen LogP contribution in [0.2, 0.25) is 0 Å². The van der Waals surface area contributed by atoms with Crippen LogP contribution in [0.25, 0.3) is 11.1 Å². The second kappa shape index (κ2) is 8.30. The molecule has 2 aromatic rings. The van der Waals surface area contributed by atoms with Gasteiger partial charge in [0.15, 0.2) is 0 Å². The molecule has 0 aromatic heterocycles. The van der Waals surface area contributed by atoms with Crippen LogP contribution < -0.4 is 10.6 Å². The maximum atomic E-state index is 12.7. The summed E-state index contributed by atoms with van der Waals surface area (Å²) >= 11 is 0. The molecule has 156 valence electrons. The molecule has 0 radical (unpaired) electrons. The second-order valence-electron chi connectivity index (χ2n) is 8.20. The van der Waals surface area contributed by atoms with Crippen molar-refractivity contribution in [2.45, 2.75) is 50.6 Å². The van der Waals surface area contributed by atoms with Crippen LogP contribution in [0.3, 0.4) is 0 Å². The first-order valence-corrected chi connectivity index (χ1v) is 10.6. The van der Waals surface area contributed by atoms with Crippen molar-refractivity contribution in [1.82, 2.24) is 15.5 Å². The Kier molecular flexibility index (Phi) is 5.57. The molecule has 1 atom stereocenters. The van der Waals surface area contributed by atoms with E-state index in [9.17, 15) is 14.4 Å². The fraction of sp³-hybridized carbons (Fsp3) is 0.375. The lowest BCUT2D eigenvalue weighted by molar-refractivity contribution is -0.131. The molecule has 0 unspecified atom stereocenters. The molecule has 4 rings (SSSR count). The summed E-state index contributed by atoms with van der Waals surface area (Å²) in [4.78, 5) is 38.5. The fourth-order valence-corrected chi connectivity index (χ4v) is 4.40. The number of carbonyl (C=O) groups is 3. The quantitative estimate of drug-likeness (QED) is 0.718. The van der Waals surface area contributed by atoms with Gasteiger partial charge in [-0.2, -0.15) is 0 Å². The summed E-state index contributed by atoms with van der Waals surface area (Å²) in [5, 5.41) is 5.81. The molecule has 2 N–H and O–H groups in total. The zero-order chi connectivity index (χ0) is 21.1.